The van der Waals surface area contributed by atoms with Gasteiger partial charge in [-0.3, -0.25) is 4.79 Å². The Balaban J connectivity index is 1.88. The Labute approximate surface area is 143 Å². The molecule has 2 rings (SSSR count). The number of hydrogen-bond acceptors (Lipinski definition) is 3. The molecule has 0 aliphatic heterocycles. The number of hydrogen-bond donors (Lipinski definition) is 1. The fourth-order valence-corrected chi connectivity index (χ4v) is 2.48. The van der Waals surface area contributed by atoms with Crippen LogP contribution in [0.3, 0.4) is 0 Å². The Bertz CT molecular complexity index is 664. The number of carboxylic acid groups (broad SMARTS) is 1. The maximum Gasteiger partial charge on any atom is 0.303 e. The molecule has 0 aromatic heterocycles. The zero-order valence-electron chi connectivity index (χ0n) is 14.2. The lowest BCUT2D eigenvalue weighted by Gasteiger charge is -2.15. The summed E-state index contributed by atoms with van der Waals surface area (Å²) in [6.45, 7) is 5.13. The summed E-state index contributed by atoms with van der Waals surface area (Å²) >= 11 is 0. The highest BCUT2D eigenvalue weighted by Gasteiger charge is 2.08. The predicted molar refractivity (Wildman–Crippen MR) is 93.9 cm³/mol. The number of carboxylic acids is 1. The van der Waals surface area contributed by atoms with Crippen molar-refractivity contribution in [2.75, 3.05) is 13.2 Å². The molecule has 0 saturated heterocycles. The van der Waals surface area contributed by atoms with E-state index in [1.54, 1.807) is 0 Å². The molecule has 2 aromatic carbocycles. The monoisotopic (exact) mass is 328 g/mol. The third kappa shape index (κ3) is 5.30. The van der Waals surface area contributed by atoms with Crippen molar-refractivity contribution in [3.63, 3.8) is 0 Å². The maximum absolute atomic E-state index is 10.7. The first-order chi connectivity index (χ1) is 11.6. The van der Waals surface area contributed by atoms with Crippen LogP contribution in [0.2, 0.25) is 0 Å². The van der Waals surface area contributed by atoms with E-state index in [2.05, 4.69) is 19.9 Å². The lowest BCUT2D eigenvalue weighted by Crippen LogP contribution is -2.11. The van der Waals surface area contributed by atoms with Crippen molar-refractivity contribution in [2.24, 2.45) is 0 Å². The van der Waals surface area contributed by atoms with Crippen molar-refractivity contribution in [1.82, 2.24) is 0 Å². The molecule has 128 valence electrons. The fourth-order valence-electron chi connectivity index (χ4n) is 2.48. The first-order valence-corrected chi connectivity index (χ1v) is 8.22. The van der Waals surface area contributed by atoms with Gasteiger partial charge in [0.05, 0.1) is 0 Å². The summed E-state index contributed by atoms with van der Waals surface area (Å²) < 4.78 is 11.6. The van der Waals surface area contributed by atoms with Gasteiger partial charge in [-0.15, -0.1) is 0 Å². The van der Waals surface area contributed by atoms with Crippen LogP contribution in [0, 0.1) is 0 Å². The van der Waals surface area contributed by atoms with Crippen LogP contribution < -0.4 is 9.47 Å². The molecule has 1 N–H and O–H groups in total. The Morgan fingerprint density at radius 3 is 2.21 bits per heavy atom. The van der Waals surface area contributed by atoms with Crippen molar-refractivity contribution in [3.05, 3.63) is 59.7 Å². The van der Waals surface area contributed by atoms with Crippen molar-refractivity contribution < 1.29 is 19.4 Å². The number of aliphatic carboxylic acids is 1. The van der Waals surface area contributed by atoms with Crippen LogP contribution in [-0.2, 0) is 11.2 Å². The van der Waals surface area contributed by atoms with Gasteiger partial charge in [0.25, 0.3) is 0 Å². The minimum absolute atomic E-state index is 0.0959. The average Bonchev–Trinajstić information content (AvgIpc) is 2.58. The van der Waals surface area contributed by atoms with Crippen LogP contribution in [0.25, 0.3) is 0 Å². The second kappa shape index (κ2) is 8.96. The molecule has 0 bridgehead atoms. The molecule has 0 heterocycles. The van der Waals surface area contributed by atoms with Crippen molar-refractivity contribution in [3.8, 4) is 11.5 Å². The first-order valence-electron chi connectivity index (χ1n) is 8.22. The van der Waals surface area contributed by atoms with E-state index in [0.29, 0.717) is 25.6 Å². The summed E-state index contributed by atoms with van der Waals surface area (Å²) in [5.41, 5.74) is 2.09. The van der Waals surface area contributed by atoms with E-state index in [1.165, 1.54) is 5.56 Å². The summed E-state index contributed by atoms with van der Waals surface area (Å²) in [4.78, 5) is 10.7. The Hall–Kier alpha value is -2.49. The standard InChI is InChI=1S/C20H24O4/c1-15(2)17-8-4-6-10-19(17)24-14-13-23-18-9-5-3-7-16(18)11-12-20(21)22/h3-10,15H,11-14H2,1-2H3,(H,21,22). The van der Waals surface area contributed by atoms with Crippen molar-refractivity contribution >= 4 is 5.97 Å². The molecular weight excluding hydrogens is 304 g/mol. The van der Waals surface area contributed by atoms with Gasteiger partial charge >= 0.3 is 5.97 Å². The Kier molecular flexibility index (Phi) is 6.67. The van der Waals surface area contributed by atoms with E-state index in [0.717, 1.165) is 17.1 Å². The van der Waals surface area contributed by atoms with Gasteiger partial charge in [0.15, 0.2) is 0 Å². The van der Waals surface area contributed by atoms with Crippen LogP contribution in [0.15, 0.2) is 48.5 Å². The highest BCUT2D eigenvalue weighted by atomic mass is 16.5. The molecule has 0 aliphatic carbocycles. The fraction of sp³-hybridized carbons (Fsp3) is 0.350. The van der Waals surface area contributed by atoms with Gasteiger partial charge in [0.1, 0.15) is 24.7 Å². The van der Waals surface area contributed by atoms with Crippen LogP contribution in [0.1, 0.15) is 37.3 Å². The molecule has 0 fully saturated rings. The van der Waals surface area contributed by atoms with Gasteiger partial charge in [-0.1, -0.05) is 50.2 Å². The number of carbonyl (C=O) groups is 1. The van der Waals surface area contributed by atoms with Crippen LogP contribution in [0.5, 0.6) is 11.5 Å². The number of benzene rings is 2. The van der Waals surface area contributed by atoms with Crippen LogP contribution in [0.4, 0.5) is 0 Å². The molecule has 0 aliphatic rings. The van der Waals surface area contributed by atoms with E-state index < -0.39 is 5.97 Å². The SMILES string of the molecule is CC(C)c1ccccc1OCCOc1ccccc1CCC(=O)O. The van der Waals surface area contributed by atoms with Gasteiger partial charge in [-0.2, -0.15) is 0 Å². The maximum atomic E-state index is 10.7. The van der Waals surface area contributed by atoms with Gasteiger partial charge in [0.2, 0.25) is 0 Å². The molecule has 4 nitrogen and oxygen atoms in total. The lowest BCUT2D eigenvalue weighted by atomic mass is 10.0. The Morgan fingerprint density at radius 2 is 1.54 bits per heavy atom. The molecular formula is C20H24O4. The summed E-state index contributed by atoms with van der Waals surface area (Å²) in [7, 11) is 0. The van der Waals surface area contributed by atoms with Crippen molar-refractivity contribution in [2.45, 2.75) is 32.6 Å². The third-order valence-electron chi connectivity index (χ3n) is 3.72. The van der Waals surface area contributed by atoms with Crippen LogP contribution in [-0.4, -0.2) is 24.3 Å². The van der Waals surface area contributed by atoms with Gasteiger partial charge in [0, 0.05) is 6.42 Å². The highest BCUT2D eigenvalue weighted by Crippen LogP contribution is 2.26. The summed E-state index contributed by atoms with van der Waals surface area (Å²) in [6.07, 6.45) is 0.557. The smallest absolute Gasteiger partial charge is 0.303 e. The normalized spacial score (nSPS) is 10.6. The second-order valence-electron chi connectivity index (χ2n) is 5.89. The third-order valence-corrected chi connectivity index (χ3v) is 3.72. The molecule has 24 heavy (non-hydrogen) atoms. The predicted octanol–water partition coefficient (Wildman–Crippen LogP) is 4.29. The molecule has 0 atom stereocenters. The van der Waals surface area contributed by atoms with Gasteiger partial charge < -0.3 is 14.6 Å². The molecule has 0 saturated carbocycles. The van der Waals surface area contributed by atoms with E-state index in [4.69, 9.17) is 14.6 Å². The highest BCUT2D eigenvalue weighted by molar-refractivity contribution is 5.67. The van der Waals surface area contributed by atoms with E-state index >= 15 is 0 Å². The average molecular weight is 328 g/mol. The number of para-hydroxylation sites is 2. The molecule has 2 aromatic rings. The molecule has 4 heteroatoms. The summed E-state index contributed by atoms with van der Waals surface area (Å²) in [5, 5.41) is 8.82. The van der Waals surface area contributed by atoms with E-state index in [9.17, 15) is 4.79 Å². The number of ether oxygens (including phenoxy) is 2. The largest absolute Gasteiger partial charge is 0.490 e. The second-order valence-corrected chi connectivity index (χ2v) is 5.89. The zero-order chi connectivity index (χ0) is 17.4. The topological polar surface area (TPSA) is 55.8 Å². The number of aryl methyl sites for hydroxylation is 1. The summed E-state index contributed by atoms with van der Waals surface area (Å²) in [6, 6.07) is 15.5. The van der Waals surface area contributed by atoms with Crippen LogP contribution >= 0.6 is 0 Å². The minimum Gasteiger partial charge on any atom is -0.490 e. The minimum atomic E-state index is -0.807. The van der Waals surface area contributed by atoms with Gasteiger partial charge in [-0.25, -0.2) is 0 Å². The molecule has 0 amide bonds. The quantitative estimate of drug-likeness (QED) is 0.698. The van der Waals surface area contributed by atoms with E-state index in [1.807, 2.05) is 42.5 Å². The van der Waals surface area contributed by atoms with Gasteiger partial charge in [-0.05, 0) is 35.6 Å². The molecule has 0 radical (unpaired) electrons. The number of rotatable bonds is 9. The lowest BCUT2D eigenvalue weighted by molar-refractivity contribution is -0.136. The first kappa shape index (κ1) is 17.9. The summed E-state index contributed by atoms with van der Waals surface area (Å²) in [5.74, 6) is 1.20. The molecule has 0 spiro atoms. The Morgan fingerprint density at radius 1 is 0.958 bits per heavy atom. The van der Waals surface area contributed by atoms with Crippen molar-refractivity contribution in [1.29, 1.82) is 0 Å². The van der Waals surface area contributed by atoms with E-state index in [-0.39, 0.29) is 6.42 Å². The molecule has 0 unspecified atom stereocenters. The zero-order valence-corrected chi connectivity index (χ0v) is 14.2.